The molecule has 1 aliphatic heterocycles. The summed E-state index contributed by atoms with van der Waals surface area (Å²) in [7, 11) is 0. The number of phenols is 1. The first kappa shape index (κ1) is 25.4. The monoisotopic (exact) mass is 517 g/mol. The molecule has 3 unspecified atom stereocenters. The van der Waals surface area contributed by atoms with E-state index in [0.29, 0.717) is 18.4 Å². The van der Waals surface area contributed by atoms with Crippen molar-refractivity contribution in [3.8, 4) is 5.75 Å². The van der Waals surface area contributed by atoms with E-state index in [2.05, 4.69) is 0 Å². The summed E-state index contributed by atoms with van der Waals surface area (Å²) in [5.74, 6) is -5.93. The van der Waals surface area contributed by atoms with Gasteiger partial charge in [0.1, 0.15) is 17.3 Å². The molecule has 0 saturated carbocycles. The van der Waals surface area contributed by atoms with E-state index in [9.17, 15) is 39.3 Å². The largest absolute Gasteiger partial charge is 0.511 e. The Morgan fingerprint density at radius 1 is 0.974 bits per heavy atom. The van der Waals surface area contributed by atoms with Crippen LogP contribution in [0.1, 0.15) is 54.1 Å². The molecule has 38 heavy (non-hydrogen) atoms. The Balaban J connectivity index is 1.51. The molecule has 0 fully saturated rings. The SMILES string of the molecule is CC(=O)C1=C(O)CC2CC3Cc4ccc(CN5C(=O)C/C=C\C=C/CC5=O)c(O)c4C(=O)C3=C(O)C2C1=O. The number of ketones is 3. The molecule has 4 aliphatic rings. The van der Waals surface area contributed by atoms with Gasteiger partial charge in [0.05, 0.1) is 23.6 Å². The number of hydrogen-bond donors (Lipinski definition) is 3. The van der Waals surface area contributed by atoms with Crippen molar-refractivity contribution >= 4 is 29.2 Å². The van der Waals surface area contributed by atoms with Gasteiger partial charge >= 0.3 is 0 Å². The smallest absolute Gasteiger partial charge is 0.233 e. The third kappa shape index (κ3) is 4.08. The maximum absolute atomic E-state index is 13.7. The van der Waals surface area contributed by atoms with Gasteiger partial charge in [0, 0.05) is 30.4 Å². The van der Waals surface area contributed by atoms with Crippen LogP contribution in [-0.2, 0) is 32.1 Å². The Morgan fingerprint density at radius 3 is 2.26 bits per heavy atom. The molecule has 3 N–H and O–H groups in total. The number of rotatable bonds is 3. The average molecular weight is 518 g/mol. The van der Waals surface area contributed by atoms with Crippen LogP contribution in [0.2, 0.25) is 0 Å². The lowest BCUT2D eigenvalue weighted by molar-refractivity contribution is -0.144. The van der Waals surface area contributed by atoms with Crippen LogP contribution in [0.25, 0.3) is 0 Å². The molecule has 5 rings (SSSR count). The van der Waals surface area contributed by atoms with Gasteiger partial charge in [-0.2, -0.15) is 0 Å². The first-order valence-corrected chi connectivity index (χ1v) is 12.5. The quantitative estimate of drug-likeness (QED) is 0.408. The van der Waals surface area contributed by atoms with Crippen LogP contribution in [0.15, 0.2) is 59.1 Å². The lowest BCUT2D eigenvalue weighted by Gasteiger charge is -2.41. The number of aromatic hydroxyl groups is 1. The normalized spacial score (nSPS) is 27.2. The Kier molecular flexibility index (Phi) is 6.38. The number of phenolic OH excluding ortho intramolecular Hbond substituents is 1. The van der Waals surface area contributed by atoms with E-state index in [-0.39, 0.29) is 59.6 Å². The number of aliphatic hydroxyl groups is 2. The van der Waals surface area contributed by atoms with Crippen molar-refractivity contribution < 1.29 is 39.3 Å². The van der Waals surface area contributed by atoms with E-state index >= 15 is 0 Å². The molecule has 1 heterocycles. The molecule has 1 aromatic rings. The molecule has 0 aromatic heterocycles. The second-order valence-corrected chi connectivity index (χ2v) is 10.2. The number of carbonyl (C=O) groups excluding carboxylic acids is 5. The number of amides is 2. The van der Waals surface area contributed by atoms with Crippen LogP contribution >= 0.6 is 0 Å². The van der Waals surface area contributed by atoms with Gasteiger partial charge in [0.2, 0.25) is 11.8 Å². The van der Waals surface area contributed by atoms with Gasteiger partial charge in [0.25, 0.3) is 0 Å². The zero-order valence-corrected chi connectivity index (χ0v) is 20.8. The predicted molar refractivity (Wildman–Crippen MR) is 134 cm³/mol. The van der Waals surface area contributed by atoms with Gasteiger partial charge < -0.3 is 15.3 Å². The summed E-state index contributed by atoms with van der Waals surface area (Å²) < 4.78 is 0. The first-order chi connectivity index (χ1) is 18.1. The Bertz CT molecular complexity index is 1400. The van der Waals surface area contributed by atoms with Crippen LogP contribution in [0, 0.1) is 17.8 Å². The average Bonchev–Trinajstić information content (AvgIpc) is 2.91. The summed E-state index contributed by atoms with van der Waals surface area (Å²) in [6.45, 7) is 0.937. The van der Waals surface area contributed by atoms with Crippen molar-refractivity contribution in [2.45, 2.75) is 45.6 Å². The minimum absolute atomic E-state index is 0.00594. The van der Waals surface area contributed by atoms with E-state index in [4.69, 9.17) is 0 Å². The highest BCUT2D eigenvalue weighted by Gasteiger charge is 2.50. The van der Waals surface area contributed by atoms with Gasteiger partial charge in [-0.3, -0.25) is 28.9 Å². The molecule has 9 heteroatoms. The Labute approximate surface area is 218 Å². The van der Waals surface area contributed by atoms with E-state index in [0.717, 1.165) is 11.8 Å². The standard InChI is InChI=1S/C29H27NO8/c1-14(31)22-19(32)12-18-11-17-10-15-8-9-16(13-30-20(33)6-4-2-3-5-7-21(30)34)26(35)23(15)28(37)24(17)29(38)25(18)27(22)36/h2-5,8-9,17-18,25,32,35,38H,6-7,10-13H2,1H3/b4-2-,5-3-. The predicted octanol–water partition coefficient (Wildman–Crippen LogP) is 3.33. The Morgan fingerprint density at radius 2 is 1.63 bits per heavy atom. The van der Waals surface area contributed by atoms with E-state index < -0.39 is 52.7 Å². The van der Waals surface area contributed by atoms with Crippen molar-refractivity contribution in [1.29, 1.82) is 0 Å². The van der Waals surface area contributed by atoms with Gasteiger partial charge in [-0.25, -0.2) is 0 Å². The summed E-state index contributed by atoms with van der Waals surface area (Å²) in [6, 6.07) is 3.25. The third-order valence-electron chi connectivity index (χ3n) is 7.85. The molecular weight excluding hydrogens is 490 g/mol. The van der Waals surface area contributed by atoms with Crippen molar-refractivity contribution in [3.63, 3.8) is 0 Å². The summed E-state index contributed by atoms with van der Waals surface area (Å²) in [5, 5.41) is 32.6. The number of benzene rings is 1. The maximum atomic E-state index is 13.7. The number of imide groups is 1. The summed E-state index contributed by atoms with van der Waals surface area (Å²) >= 11 is 0. The summed E-state index contributed by atoms with van der Waals surface area (Å²) in [4.78, 5) is 65.1. The zero-order chi connectivity index (χ0) is 27.3. The van der Waals surface area contributed by atoms with E-state index in [1.807, 2.05) is 0 Å². The summed E-state index contributed by atoms with van der Waals surface area (Å²) in [6.07, 6.45) is 7.34. The molecule has 3 aliphatic carbocycles. The van der Waals surface area contributed by atoms with Crippen LogP contribution < -0.4 is 0 Å². The highest BCUT2D eigenvalue weighted by molar-refractivity contribution is 6.22. The van der Waals surface area contributed by atoms with Crippen molar-refractivity contribution in [2.75, 3.05) is 0 Å². The van der Waals surface area contributed by atoms with E-state index in [1.165, 1.54) is 0 Å². The van der Waals surface area contributed by atoms with Crippen LogP contribution in [0.5, 0.6) is 5.75 Å². The van der Waals surface area contributed by atoms with Crippen molar-refractivity contribution in [1.82, 2.24) is 4.90 Å². The number of carbonyl (C=O) groups is 5. The number of aliphatic hydroxyl groups excluding tert-OH is 2. The van der Waals surface area contributed by atoms with Crippen molar-refractivity contribution in [3.05, 3.63) is 75.8 Å². The fourth-order valence-corrected chi connectivity index (χ4v) is 6.10. The number of fused-ring (bicyclic) bond motifs is 3. The van der Waals surface area contributed by atoms with Gasteiger partial charge in [-0.05, 0) is 37.2 Å². The number of nitrogens with zero attached hydrogens (tertiary/aromatic N) is 1. The molecule has 2 amide bonds. The Hall–Kier alpha value is -4.27. The highest BCUT2D eigenvalue weighted by Crippen LogP contribution is 2.49. The molecule has 1 aromatic carbocycles. The van der Waals surface area contributed by atoms with Crippen LogP contribution in [-0.4, -0.2) is 49.4 Å². The number of allylic oxidation sites excluding steroid dienone is 6. The fourth-order valence-electron chi connectivity index (χ4n) is 6.10. The molecule has 0 spiro atoms. The van der Waals surface area contributed by atoms with Gasteiger partial charge in [-0.15, -0.1) is 0 Å². The highest BCUT2D eigenvalue weighted by atomic mass is 16.3. The molecule has 0 bridgehead atoms. The molecule has 0 radical (unpaired) electrons. The number of Topliss-reactive ketones (excluding diaryl/α,β-unsaturated/α-hetero) is 3. The second kappa shape index (κ2) is 9.55. The van der Waals surface area contributed by atoms with Crippen LogP contribution in [0.4, 0.5) is 0 Å². The fraction of sp³-hybridized carbons (Fsp3) is 0.345. The summed E-state index contributed by atoms with van der Waals surface area (Å²) in [5.41, 5.74) is 0.396. The minimum atomic E-state index is -1.12. The van der Waals surface area contributed by atoms with Crippen molar-refractivity contribution in [2.24, 2.45) is 17.8 Å². The lowest BCUT2D eigenvalue weighted by Crippen LogP contribution is -2.42. The third-order valence-corrected chi connectivity index (χ3v) is 7.85. The van der Waals surface area contributed by atoms with Gasteiger partial charge in [-0.1, -0.05) is 36.4 Å². The maximum Gasteiger partial charge on any atom is 0.233 e. The molecule has 196 valence electrons. The molecule has 0 saturated heterocycles. The van der Waals surface area contributed by atoms with E-state index in [1.54, 1.807) is 36.4 Å². The topological polar surface area (TPSA) is 149 Å². The second-order valence-electron chi connectivity index (χ2n) is 10.2. The number of hydrogen-bond acceptors (Lipinski definition) is 8. The zero-order valence-electron chi connectivity index (χ0n) is 20.8. The minimum Gasteiger partial charge on any atom is -0.511 e. The molecule has 9 nitrogen and oxygen atoms in total. The molecule has 3 atom stereocenters. The lowest BCUT2D eigenvalue weighted by atomic mass is 9.62. The van der Waals surface area contributed by atoms with Gasteiger partial charge in [0.15, 0.2) is 17.3 Å². The van der Waals surface area contributed by atoms with Crippen LogP contribution in [0.3, 0.4) is 0 Å². The first-order valence-electron chi connectivity index (χ1n) is 12.5. The molecular formula is C29H27NO8.